The highest BCUT2D eigenvalue weighted by molar-refractivity contribution is 7.15. The van der Waals surface area contributed by atoms with E-state index in [0.717, 1.165) is 42.1 Å². The van der Waals surface area contributed by atoms with Crippen molar-refractivity contribution in [2.45, 2.75) is 25.8 Å². The first-order valence-corrected chi connectivity index (χ1v) is 8.65. The summed E-state index contributed by atoms with van der Waals surface area (Å²) in [6.45, 7) is 2.40. The summed E-state index contributed by atoms with van der Waals surface area (Å²) in [6, 6.07) is 7.68. The number of nitrogens with zero attached hydrogens (tertiary/aromatic N) is 2. The SMILES string of the molecule is O=C(c1cccc(NCc2cnc(Cl)s2)c1)N1CCCCC1. The first-order chi connectivity index (χ1) is 10.7. The van der Waals surface area contributed by atoms with Gasteiger partial charge in [-0.15, -0.1) is 11.3 Å². The number of carbonyl (C=O) groups excluding carboxylic acids is 1. The number of thiazole rings is 1. The van der Waals surface area contributed by atoms with Crippen LogP contribution in [0.4, 0.5) is 5.69 Å². The summed E-state index contributed by atoms with van der Waals surface area (Å²) < 4.78 is 0.547. The van der Waals surface area contributed by atoms with Gasteiger partial charge in [-0.1, -0.05) is 17.7 Å². The Hall–Kier alpha value is -1.59. The van der Waals surface area contributed by atoms with Crippen molar-refractivity contribution in [1.82, 2.24) is 9.88 Å². The summed E-state index contributed by atoms with van der Waals surface area (Å²) in [5.74, 6) is 0.129. The average molecular weight is 336 g/mol. The lowest BCUT2D eigenvalue weighted by Crippen LogP contribution is -2.35. The van der Waals surface area contributed by atoms with Crippen LogP contribution in [-0.4, -0.2) is 28.9 Å². The van der Waals surface area contributed by atoms with Crippen molar-refractivity contribution in [3.8, 4) is 0 Å². The molecule has 6 heteroatoms. The molecular weight excluding hydrogens is 318 g/mol. The number of piperidine rings is 1. The Kier molecular flexibility index (Phi) is 4.95. The zero-order valence-electron chi connectivity index (χ0n) is 12.2. The van der Waals surface area contributed by atoms with Gasteiger partial charge < -0.3 is 10.2 Å². The molecule has 0 unspecified atom stereocenters. The topological polar surface area (TPSA) is 45.2 Å². The highest BCUT2D eigenvalue weighted by atomic mass is 35.5. The molecule has 0 radical (unpaired) electrons. The van der Waals surface area contributed by atoms with Crippen molar-refractivity contribution in [1.29, 1.82) is 0 Å². The van der Waals surface area contributed by atoms with Crippen molar-refractivity contribution >= 4 is 34.5 Å². The fourth-order valence-corrected chi connectivity index (χ4v) is 3.51. The normalized spacial score (nSPS) is 14.9. The van der Waals surface area contributed by atoms with E-state index >= 15 is 0 Å². The largest absolute Gasteiger partial charge is 0.380 e. The lowest BCUT2D eigenvalue weighted by atomic mass is 10.1. The van der Waals surface area contributed by atoms with Crippen molar-refractivity contribution in [2.24, 2.45) is 0 Å². The molecule has 116 valence electrons. The molecule has 1 N–H and O–H groups in total. The van der Waals surface area contributed by atoms with Gasteiger partial charge in [0.1, 0.15) is 0 Å². The van der Waals surface area contributed by atoms with E-state index in [-0.39, 0.29) is 5.91 Å². The van der Waals surface area contributed by atoms with E-state index in [2.05, 4.69) is 10.3 Å². The molecule has 1 amide bonds. The van der Waals surface area contributed by atoms with E-state index in [4.69, 9.17) is 11.6 Å². The van der Waals surface area contributed by atoms with Crippen LogP contribution < -0.4 is 5.32 Å². The number of benzene rings is 1. The van der Waals surface area contributed by atoms with Crippen molar-refractivity contribution in [3.63, 3.8) is 0 Å². The Morgan fingerprint density at radius 2 is 2.14 bits per heavy atom. The van der Waals surface area contributed by atoms with Crippen LogP contribution in [0.1, 0.15) is 34.5 Å². The lowest BCUT2D eigenvalue weighted by molar-refractivity contribution is 0.0724. The minimum absolute atomic E-state index is 0.129. The lowest BCUT2D eigenvalue weighted by Gasteiger charge is -2.26. The van der Waals surface area contributed by atoms with Gasteiger partial charge in [-0.3, -0.25) is 4.79 Å². The van der Waals surface area contributed by atoms with Crippen LogP contribution in [0, 0.1) is 0 Å². The van der Waals surface area contributed by atoms with Crippen molar-refractivity contribution < 1.29 is 4.79 Å². The van der Waals surface area contributed by atoms with E-state index < -0.39 is 0 Å². The van der Waals surface area contributed by atoms with Crippen molar-refractivity contribution in [2.75, 3.05) is 18.4 Å². The van der Waals surface area contributed by atoms with Gasteiger partial charge in [-0.05, 0) is 37.5 Å². The molecule has 1 saturated heterocycles. The standard InChI is InChI=1S/C16H18ClN3OS/c17-16-19-11-14(22-16)10-18-13-6-4-5-12(9-13)15(21)20-7-2-1-3-8-20/h4-6,9,11,18H,1-3,7-8,10H2. The number of likely N-dealkylation sites (tertiary alicyclic amines) is 1. The number of hydrogen-bond acceptors (Lipinski definition) is 4. The molecule has 0 aliphatic carbocycles. The van der Waals surface area contributed by atoms with Crippen molar-refractivity contribution in [3.05, 3.63) is 45.4 Å². The molecule has 4 nitrogen and oxygen atoms in total. The maximum Gasteiger partial charge on any atom is 0.253 e. The van der Waals surface area contributed by atoms with Crippen LogP contribution in [0.3, 0.4) is 0 Å². The van der Waals surface area contributed by atoms with Gasteiger partial charge in [0.15, 0.2) is 4.47 Å². The van der Waals surface area contributed by atoms with E-state index in [0.29, 0.717) is 11.0 Å². The van der Waals surface area contributed by atoms with Crippen LogP contribution >= 0.6 is 22.9 Å². The average Bonchev–Trinajstić information content (AvgIpc) is 2.99. The molecule has 22 heavy (non-hydrogen) atoms. The van der Waals surface area contributed by atoms with E-state index in [1.54, 1.807) is 6.20 Å². The zero-order chi connectivity index (χ0) is 15.4. The number of aromatic nitrogens is 1. The second-order valence-corrected chi connectivity index (χ2v) is 7.06. The minimum Gasteiger partial charge on any atom is -0.380 e. The third kappa shape index (κ3) is 3.78. The predicted molar refractivity (Wildman–Crippen MR) is 90.6 cm³/mol. The molecule has 1 aromatic carbocycles. The van der Waals surface area contributed by atoms with Gasteiger partial charge in [0.25, 0.3) is 5.91 Å². The third-order valence-corrected chi connectivity index (χ3v) is 4.86. The molecule has 1 aliphatic heterocycles. The van der Waals surface area contributed by atoms with Gasteiger partial charge in [0, 0.05) is 35.4 Å². The van der Waals surface area contributed by atoms with Crippen LogP contribution in [0.5, 0.6) is 0 Å². The summed E-state index contributed by atoms with van der Waals surface area (Å²) in [4.78, 5) is 19.5. The number of anilines is 1. The predicted octanol–water partition coefficient (Wildman–Crippen LogP) is 4.03. The van der Waals surface area contributed by atoms with Crippen LogP contribution in [0.2, 0.25) is 4.47 Å². The second-order valence-electron chi connectivity index (χ2n) is 5.37. The fraction of sp³-hybridized carbons (Fsp3) is 0.375. The highest BCUT2D eigenvalue weighted by Gasteiger charge is 2.18. The zero-order valence-corrected chi connectivity index (χ0v) is 13.8. The molecule has 0 atom stereocenters. The van der Waals surface area contributed by atoms with Crippen LogP contribution in [0.15, 0.2) is 30.5 Å². The molecule has 1 aliphatic rings. The molecule has 0 bridgehead atoms. The molecule has 0 saturated carbocycles. The number of halogens is 1. The molecule has 0 spiro atoms. The summed E-state index contributed by atoms with van der Waals surface area (Å²) in [6.07, 6.45) is 5.21. The Balaban J connectivity index is 1.65. The monoisotopic (exact) mass is 335 g/mol. The molecule has 1 aromatic heterocycles. The Morgan fingerprint density at radius 1 is 1.32 bits per heavy atom. The van der Waals surface area contributed by atoms with Crippen LogP contribution in [0.25, 0.3) is 0 Å². The van der Waals surface area contributed by atoms with Crippen LogP contribution in [-0.2, 0) is 6.54 Å². The molecule has 3 rings (SSSR count). The number of carbonyl (C=O) groups is 1. The van der Waals surface area contributed by atoms with E-state index in [1.165, 1.54) is 17.8 Å². The first-order valence-electron chi connectivity index (χ1n) is 7.46. The minimum atomic E-state index is 0.129. The molecule has 1 fully saturated rings. The molecule has 2 heterocycles. The first kappa shape index (κ1) is 15.3. The van der Waals surface area contributed by atoms with Gasteiger partial charge >= 0.3 is 0 Å². The summed E-state index contributed by atoms with van der Waals surface area (Å²) in [5, 5.41) is 3.31. The van der Waals surface area contributed by atoms with Gasteiger partial charge in [-0.2, -0.15) is 0 Å². The Bertz CT molecular complexity index is 652. The van der Waals surface area contributed by atoms with Gasteiger partial charge in [0.2, 0.25) is 0 Å². The summed E-state index contributed by atoms with van der Waals surface area (Å²) in [5.41, 5.74) is 1.68. The number of amides is 1. The third-order valence-electron chi connectivity index (χ3n) is 3.74. The number of nitrogens with one attached hydrogen (secondary N) is 1. The fourth-order valence-electron chi connectivity index (χ4n) is 2.60. The smallest absolute Gasteiger partial charge is 0.253 e. The highest BCUT2D eigenvalue weighted by Crippen LogP contribution is 2.20. The second kappa shape index (κ2) is 7.11. The van der Waals surface area contributed by atoms with E-state index in [1.807, 2.05) is 29.2 Å². The van der Waals surface area contributed by atoms with Gasteiger partial charge in [-0.25, -0.2) is 4.98 Å². The number of hydrogen-bond donors (Lipinski definition) is 1. The van der Waals surface area contributed by atoms with Gasteiger partial charge in [0.05, 0.1) is 6.54 Å². The maximum atomic E-state index is 12.5. The summed E-state index contributed by atoms with van der Waals surface area (Å²) in [7, 11) is 0. The maximum absolute atomic E-state index is 12.5. The van der Waals surface area contributed by atoms with E-state index in [9.17, 15) is 4.79 Å². The molecule has 2 aromatic rings. The number of rotatable bonds is 4. The quantitative estimate of drug-likeness (QED) is 0.917. The Labute approximate surface area is 139 Å². The molecular formula is C16H18ClN3OS. The summed E-state index contributed by atoms with van der Waals surface area (Å²) >= 11 is 7.28. The Morgan fingerprint density at radius 3 is 2.86 bits per heavy atom.